The van der Waals surface area contributed by atoms with E-state index in [9.17, 15) is 9.18 Å². The number of hydrogen-bond acceptors (Lipinski definition) is 3. The van der Waals surface area contributed by atoms with Gasteiger partial charge in [0.15, 0.2) is 0 Å². The largest absolute Gasteiger partial charge is 0.347 e. The van der Waals surface area contributed by atoms with E-state index in [1.807, 2.05) is 6.07 Å². The van der Waals surface area contributed by atoms with Gasteiger partial charge in [-0.1, -0.05) is 6.07 Å². The molecule has 3 aliphatic heterocycles. The molecule has 1 amide bonds. The molecule has 1 atom stereocenters. The van der Waals surface area contributed by atoms with Gasteiger partial charge in [0.1, 0.15) is 5.82 Å². The minimum atomic E-state index is -0.259. The second-order valence-corrected chi connectivity index (χ2v) is 7.06. The molecule has 0 saturated carbocycles. The fourth-order valence-electron chi connectivity index (χ4n) is 3.51. The molecule has 1 N–H and O–H groups in total. The van der Waals surface area contributed by atoms with Crippen molar-refractivity contribution >= 4 is 27.3 Å². The van der Waals surface area contributed by atoms with Gasteiger partial charge in [-0.25, -0.2) is 4.39 Å². The molecule has 5 rings (SSSR count). The van der Waals surface area contributed by atoms with Crippen LogP contribution in [0.2, 0.25) is 0 Å². The van der Waals surface area contributed by atoms with Crippen LogP contribution in [0.4, 0.5) is 4.39 Å². The summed E-state index contributed by atoms with van der Waals surface area (Å²) in [6, 6.07) is 6.89. The maximum absolute atomic E-state index is 13.7. The number of fused-ring (bicyclic) bond motifs is 4. The van der Waals surface area contributed by atoms with Crippen molar-refractivity contribution in [1.82, 2.24) is 10.2 Å². The number of amides is 1. The molecular formula is C16H17FN2OS. The van der Waals surface area contributed by atoms with E-state index in [0.717, 1.165) is 24.3 Å². The first-order valence-corrected chi connectivity index (χ1v) is 8.23. The van der Waals surface area contributed by atoms with Gasteiger partial charge >= 0.3 is 0 Å². The summed E-state index contributed by atoms with van der Waals surface area (Å²) in [4.78, 5) is 15.4. The molecule has 1 aromatic heterocycles. The van der Waals surface area contributed by atoms with Crippen molar-refractivity contribution in [2.75, 3.05) is 19.6 Å². The first-order valence-electron chi connectivity index (χ1n) is 7.42. The second kappa shape index (κ2) is 5.07. The van der Waals surface area contributed by atoms with Crippen LogP contribution >= 0.6 is 11.3 Å². The third-order valence-corrected chi connectivity index (χ3v) is 5.80. The molecule has 21 heavy (non-hydrogen) atoms. The van der Waals surface area contributed by atoms with Crippen LogP contribution in [0.1, 0.15) is 22.5 Å². The summed E-state index contributed by atoms with van der Waals surface area (Å²) in [5.41, 5.74) is 0. The zero-order chi connectivity index (χ0) is 14.4. The van der Waals surface area contributed by atoms with Crippen molar-refractivity contribution in [2.24, 2.45) is 5.92 Å². The quantitative estimate of drug-likeness (QED) is 0.925. The van der Waals surface area contributed by atoms with Gasteiger partial charge in [0.25, 0.3) is 5.91 Å². The lowest BCUT2D eigenvalue weighted by Crippen LogP contribution is -2.57. The SMILES string of the molecule is O=C(NC1CN2CCC1CC2)c1cc2c(F)cccc2s1. The Hall–Kier alpha value is -1.46. The van der Waals surface area contributed by atoms with Crippen LogP contribution in [-0.2, 0) is 0 Å². The summed E-state index contributed by atoms with van der Waals surface area (Å²) in [7, 11) is 0. The zero-order valence-electron chi connectivity index (χ0n) is 11.6. The van der Waals surface area contributed by atoms with Crippen LogP contribution in [0.3, 0.4) is 0 Å². The van der Waals surface area contributed by atoms with Crippen molar-refractivity contribution in [3.63, 3.8) is 0 Å². The number of nitrogens with one attached hydrogen (secondary N) is 1. The van der Waals surface area contributed by atoms with Crippen molar-refractivity contribution in [3.8, 4) is 0 Å². The number of carbonyl (C=O) groups excluding carboxylic acids is 1. The van der Waals surface area contributed by atoms with Gasteiger partial charge in [-0.3, -0.25) is 4.79 Å². The Bertz CT molecular complexity index is 691. The van der Waals surface area contributed by atoms with Crippen LogP contribution < -0.4 is 5.32 Å². The average Bonchev–Trinajstić information content (AvgIpc) is 2.94. The summed E-state index contributed by atoms with van der Waals surface area (Å²) in [5, 5.41) is 3.70. The lowest BCUT2D eigenvalue weighted by atomic mass is 9.84. The van der Waals surface area contributed by atoms with Gasteiger partial charge < -0.3 is 10.2 Å². The fourth-order valence-corrected chi connectivity index (χ4v) is 4.48. The van der Waals surface area contributed by atoms with E-state index >= 15 is 0 Å². The van der Waals surface area contributed by atoms with Gasteiger partial charge in [0.05, 0.1) is 4.88 Å². The molecule has 0 radical (unpaired) electrons. The van der Waals surface area contributed by atoms with E-state index in [-0.39, 0.29) is 17.8 Å². The summed E-state index contributed by atoms with van der Waals surface area (Å²) in [6.07, 6.45) is 2.35. The molecule has 1 unspecified atom stereocenters. The Morgan fingerprint density at radius 2 is 2.14 bits per heavy atom. The predicted molar refractivity (Wildman–Crippen MR) is 82.2 cm³/mol. The fraction of sp³-hybridized carbons (Fsp3) is 0.438. The van der Waals surface area contributed by atoms with Crippen LogP contribution in [0.5, 0.6) is 0 Å². The van der Waals surface area contributed by atoms with E-state index in [4.69, 9.17) is 0 Å². The van der Waals surface area contributed by atoms with Gasteiger partial charge in [0.2, 0.25) is 0 Å². The molecule has 3 nitrogen and oxygen atoms in total. The van der Waals surface area contributed by atoms with Gasteiger partial charge in [-0.05, 0) is 50.0 Å². The number of carbonyl (C=O) groups is 1. The second-order valence-electron chi connectivity index (χ2n) is 5.98. The van der Waals surface area contributed by atoms with Crippen molar-refractivity contribution < 1.29 is 9.18 Å². The Labute approximate surface area is 126 Å². The van der Waals surface area contributed by atoms with E-state index < -0.39 is 0 Å². The molecule has 2 bridgehead atoms. The van der Waals surface area contributed by atoms with Crippen molar-refractivity contribution in [2.45, 2.75) is 18.9 Å². The minimum absolute atomic E-state index is 0.0608. The number of piperidine rings is 3. The summed E-state index contributed by atoms with van der Waals surface area (Å²) in [5.74, 6) is 0.282. The minimum Gasteiger partial charge on any atom is -0.347 e. The number of hydrogen-bond donors (Lipinski definition) is 1. The Kier molecular flexibility index (Phi) is 3.19. The summed E-state index contributed by atoms with van der Waals surface area (Å²) >= 11 is 1.36. The van der Waals surface area contributed by atoms with E-state index in [2.05, 4.69) is 10.2 Å². The third kappa shape index (κ3) is 2.34. The van der Waals surface area contributed by atoms with Gasteiger partial charge in [-0.15, -0.1) is 11.3 Å². The molecule has 3 aliphatic rings. The van der Waals surface area contributed by atoms with Crippen LogP contribution in [-0.4, -0.2) is 36.5 Å². The van der Waals surface area contributed by atoms with Crippen LogP contribution in [0.15, 0.2) is 24.3 Å². The van der Waals surface area contributed by atoms with Crippen LogP contribution in [0, 0.1) is 11.7 Å². The van der Waals surface area contributed by atoms with E-state index in [1.165, 1.54) is 30.2 Å². The molecule has 2 aromatic rings. The highest BCUT2D eigenvalue weighted by atomic mass is 32.1. The van der Waals surface area contributed by atoms with E-state index in [1.54, 1.807) is 12.1 Å². The van der Waals surface area contributed by atoms with E-state index in [0.29, 0.717) is 16.2 Å². The molecular weight excluding hydrogens is 287 g/mol. The number of rotatable bonds is 2. The Morgan fingerprint density at radius 1 is 1.33 bits per heavy atom. The molecule has 0 aliphatic carbocycles. The maximum Gasteiger partial charge on any atom is 0.261 e. The number of benzene rings is 1. The first-order chi connectivity index (χ1) is 10.2. The normalized spacial score (nSPS) is 28.0. The number of halogens is 1. The van der Waals surface area contributed by atoms with Crippen molar-refractivity contribution in [1.29, 1.82) is 0 Å². The van der Waals surface area contributed by atoms with Crippen LogP contribution in [0.25, 0.3) is 10.1 Å². The predicted octanol–water partition coefficient (Wildman–Crippen LogP) is 2.86. The first kappa shape index (κ1) is 13.2. The lowest BCUT2D eigenvalue weighted by molar-refractivity contribution is 0.0622. The Balaban J connectivity index is 1.55. The number of thiophene rings is 1. The maximum atomic E-state index is 13.7. The Morgan fingerprint density at radius 3 is 2.81 bits per heavy atom. The molecule has 5 heteroatoms. The smallest absolute Gasteiger partial charge is 0.261 e. The zero-order valence-corrected chi connectivity index (χ0v) is 12.5. The molecule has 3 fully saturated rings. The van der Waals surface area contributed by atoms with Gasteiger partial charge in [0, 0.05) is 22.7 Å². The standard InChI is InChI=1S/C16H17FN2OS/c17-12-2-1-3-14-11(12)8-15(21-14)16(20)18-13-9-19-6-4-10(13)5-7-19/h1-3,8,10,13H,4-7,9H2,(H,18,20). The highest BCUT2D eigenvalue weighted by molar-refractivity contribution is 7.20. The average molecular weight is 304 g/mol. The summed E-state index contributed by atoms with van der Waals surface area (Å²) in [6.45, 7) is 3.27. The monoisotopic (exact) mass is 304 g/mol. The topological polar surface area (TPSA) is 32.3 Å². The molecule has 110 valence electrons. The highest BCUT2D eigenvalue weighted by Crippen LogP contribution is 2.30. The molecule has 4 heterocycles. The molecule has 3 saturated heterocycles. The summed E-state index contributed by atoms with van der Waals surface area (Å²) < 4.78 is 14.5. The number of nitrogens with zero attached hydrogens (tertiary/aromatic N) is 1. The lowest BCUT2D eigenvalue weighted by Gasteiger charge is -2.44. The molecule has 0 spiro atoms. The third-order valence-electron chi connectivity index (χ3n) is 4.70. The van der Waals surface area contributed by atoms with Crippen molar-refractivity contribution in [3.05, 3.63) is 35.0 Å². The van der Waals surface area contributed by atoms with Gasteiger partial charge in [-0.2, -0.15) is 0 Å². The highest BCUT2D eigenvalue weighted by Gasteiger charge is 2.35. The molecule has 1 aromatic carbocycles.